The molecule has 0 aliphatic heterocycles. The molecule has 8 heteroatoms. The van der Waals surface area contributed by atoms with Gasteiger partial charge in [-0.3, -0.25) is 14.0 Å². The van der Waals surface area contributed by atoms with Crippen molar-refractivity contribution in [3.05, 3.63) is 36.9 Å². The lowest BCUT2D eigenvalue weighted by atomic mass is 10.2. The predicted octanol–water partition coefficient (Wildman–Crippen LogP) is 3.62. The number of hydrogen-bond acceptors (Lipinski definition) is 6. The third-order valence-corrected chi connectivity index (χ3v) is 4.69. The number of unbranched alkanes of at least 4 members (excludes halogenated alkanes) is 3. The Labute approximate surface area is 179 Å². The second kappa shape index (κ2) is 13.9. The highest BCUT2D eigenvalue weighted by molar-refractivity contribution is 7.78. The number of esters is 1. The Bertz CT molecular complexity index is 639. The highest BCUT2D eigenvalue weighted by atomic mass is 32.1. The molecule has 1 aromatic rings. The number of anilines is 1. The summed E-state index contributed by atoms with van der Waals surface area (Å²) in [6.45, 7) is 6.20. The van der Waals surface area contributed by atoms with Gasteiger partial charge in [0.2, 0.25) is 0 Å². The van der Waals surface area contributed by atoms with Crippen molar-refractivity contribution in [2.45, 2.75) is 25.7 Å². The van der Waals surface area contributed by atoms with E-state index in [1.54, 1.807) is 19.2 Å². The van der Waals surface area contributed by atoms with Gasteiger partial charge in [-0.05, 0) is 50.7 Å². The molecule has 0 bridgehead atoms. The number of benzene rings is 1. The lowest BCUT2D eigenvalue weighted by Crippen LogP contribution is -2.38. The molecular weight excluding hydrogens is 390 g/mol. The normalized spacial score (nSPS) is 10.5. The molecule has 0 fully saturated rings. The number of rotatable bonds is 13. The number of carbonyl (C=O) groups excluding carboxylic acids is 2. The van der Waals surface area contributed by atoms with Crippen molar-refractivity contribution in [2.24, 2.45) is 0 Å². The molecule has 0 saturated carbocycles. The number of ether oxygens (including phenoxy) is 2. The summed E-state index contributed by atoms with van der Waals surface area (Å²) < 4.78 is 11.3. The van der Waals surface area contributed by atoms with Gasteiger partial charge in [-0.25, -0.2) is 4.79 Å². The van der Waals surface area contributed by atoms with E-state index in [1.165, 1.54) is 24.9 Å². The van der Waals surface area contributed by atoms with Gasteiger partial charge in [0.1, 0.15) is 12.3 Å². The minimum absolute atomic E-state index is 0.228. The van der Waals surface area contributed by atoms with Crippen molar-refractivity contribution < 1.29 is 19.1 Å². The first-order valence-corrected chi connectivity index (χ1v) is 10.1. The fourth-order valence-corrected chi connectivity index (χ4v) is 2.89. The van der Waals surface area contributed by atoms with Crippen molar-refractivity contribution in [3.63, 3.8) is 0 Å². The number of likely N-dealkylation sites (N-methyl/N-ethyl adjacent to an activating group) is 1. The Hall–Kier alpha value is -2.19. The maximum atomic E-state index is 12.3. The molecule has 0 atom stereocenters. The molecule has 2 amide bonds. The van der Waals surface area contributed by atoms with Crippen LogP contribution in [0.3, 0.4) is 0 Å². The van der Waals surface area contributed by atoms with Crippen LogP contribution in [0.5, 0.6) is 5.75 Å². The summed E-state index contributed by atoms with van der Waals surface area (Å²) in [5.41, 5.74) is 0.676. The van der Waals surface area contributed by atoms with Gasteiger partial charge < -0.3 is 14.4 Å². The molecule has 0 saturated heterocycles. The summed E-state index contributed by atoms with van der Waals surface area (Å²) >= 11 is 4.04. The van der Waals surface area contributed by atoms with E-state index in [0.717, 1.165) is 36.0 Å². The summed E-state index contributed by atoms with van der Waals surface area (Å²) in [5, 5.41) is 0. The number of carbonyl (C=O) groups is 2. The first-order chi connectivity index (χ1) is 13.9. The molecule has 1 rings (SSSR count). The lowest BCUT2D eigenvalue weighted by Gasteiger charge is -2.23. The molecule has 162 valence electrons. The zero-order valence-electron chi connectivity index (χ0n) is 17.7. The molecule has 0 aliphatic carbocycles. The molecular formula is C21H33N3O4S. The maximum absolute atomic E-state index is 12.3. The van der Waals surface area contributed by atoms with Gasteiger partial charge >= 0.3 is 12.0 Å². The molecule has 29 heavy (non-hydrogen) atoms. The number of thiol groups is 1. The third kappa shape index (κ3) is 9.71. The fourth-order valence-electron chi connectivity index (χ4n) is 2.64. The van der Waals surface area contributed by atoms with Crippen LogP contribution in [-0.2, 0) is 9.53 Å². The van der Waals surface area contributed by atoms with Gasteiger partial charge in [0.05, 0.1) is 13.7 Å². The zero-order valence-corrected chi connectivity index (χ0v) is 18.6. The molecule has 0 radical (unpaired) electrons. The minimum atomic E-state index is -0.533. The van der Waals surface area contributed by atoms with Crippen molar-refractivity contribution in [1.29, 1.82) is 0 Å². The second-order valence-corrected chi connectivity index (χ2v) is 7.27. The summed E-state index contributed by atoms with van der Waals surface area (Å²) in [4.78, 5) is 27.2. The van der Waals surface area contributed by atoms with Gasteiger partial charge in [-0.2, -0.15) is 0 Å². The average Bonchev–Trinajstić information content (AvgIpc) is 2.72. The quantitative estimate of drug-likeness (QED) is 0.227. The molecule has 0 unspecified atom stereocenters. The van der Waals surface area contributed by atoms with E-state index < -0.39 is 12.0 Å². The summed E-state index contributed by atoms with van der Waals surface area (Å²) in [6.07, 6.45) is 6.42. The van der Waals surface area contributed by atoms with Gasteiger partial charge in [0.15, 0.2) is 0 Å². The molecule has 7 nitrogen and oxygen atoms in total. The Morgan fingerprint density at radius 2 is 1.76 bits per heavy atom. The van der Waals surface area contributed by atoms with Crippen LogP contribution in [0.25, 0.3) is 0 Å². The number of methoxy groups -OCH3 is 1. The largest absolute Gasteiger partial charge is 0.494 e. The molecule has 0 spiro atoms. The Morgan fingerprint density at radius 3 is 2.38 bits per heavy atom. The summed E-state index contributed by atoms with van der Waals surface area (Å²) in [7, 11) is 4.98. The molecule has 0 heterocycles. The van der Waals surface area contributed by atoms with Crippen LogP contribution in [-0.4, -0.2) is 68.7 Å². The molecule has 0 aromatic heterocycles. The van der Waals surface area contributed by atoms with E-state index in [-0.39, 0.29) is 6.54 Å². The smallest absolute Gasteiger partial charge is 0.334 e. The highest BCUT2D eigenvalue weighted by Gasteiger charge is 2.19. The second-order valence-electron chi connectivity index (χ2n) is 6.78. The topological polar surface area (TPSA) is 62.3 Å². The van der Waals surface area contributed by atoms with E-state index in [0.29, 0.717) is 12.3 Å². The predicted molar refractivity (Wildman–Crippen MR) is 120 cm³/mol. The Kier molecular flexibility index (Phi) is 11.9. The Morgan fingerprint density at radius 1 is 1.10 bits per heavy atom. The highest BCUT2D eigenvalue weighted by Crippen LogP contribution is 2.20. The summed E-state index contributed by atoms with van der Waals surface area (Å²) in [6, 6.07) is 6.82. The fraction of sp³-hybridized carbons (Fsp3) is 0.524. The van der Waals surface area contributed by atoms with Gasteiger partial charge in [-0.1, -0.05) is 31.7 Å². The van der Waals surface area contributed by atoms with E-state index in [9.17, 15) is 9.59 Å². The molecule has 0 aliphatic rings. The first-order valence-electron chi connectivity index (χ1n) is 9.72. The van der Waals surface area contributed by atoms with Crippen LogP contribution < -0.4 is 9.64 Å². The molecule has 1 aromatic carbocycles. The van der Waals surface area contributed by atoms with E-state index >= 15 is 0 Å². The van der Waals surface area contributed by atoms with E-state index in [2.05, 4.69) is 36.1 Å². The SMILES string of the molecule is C=CCN(C)CCCCCCOc1ccc(N(C)C(=O)N(S)CC(=O)OC)cc1. The first kappa shape index (κ1) is 24.8. The van der Waals surface area contributed by atoms with Gasteiger partial charge in [0.25, 0.3) is 0 Å². The van der Waals surface area contributed by atoms with Crippen molar-refractivity contribution in [1.82, 2.24) is 9.21 Å². The molecule has 0 N–H and O–H groups in total. The maximum Gasteiger partial charge on any atom is 0.334 e. The number of amides is 2. The average molecular weight is 424 g/mol. The van der Waals surface area contributed by atoms with Crippen molar-refractivity contribution >= 4 is 30.5 Å². The lowest BCUT2D eigenvalue weighted by molar-refractivity contribution is -0.140. The number of urea groups is 1. The van der Waals surface area contributed by atoms with Crippen LogP contribution in [0.2, 0.25) is 0 Å². The van der Waals surface area contributed by atoms with Gasteiger partial charge in [-0.15, -0.1) is 6.58 Å². The van der Waals surface area contributed by atoms with Crippen molar-refractivity contribution in [3.8, 4) is 5.75 Å². The van der Waals surface area contributed by atoms with E-state index in [4.69, 9.17) is 4.74 Å². The van der Waals surface area contributed by atoms with Crippen LogP contribution in [0, 0.1) is 0 Å². The Balaban J connectivity index is 2.32. The van der Waals surface area contributed by atoms with Crippen molar-refractivity contribution in [2.75, 3.05) is 52.3 Å². The van der Waals surface area contributed by atoms with Crippen LogP contribution in [0.15, 0.2) is 36.9 Å². The minimum Gasteiger partial charge on any atom is -0.494 e. The van der Waals surface area contributed by atoms with Gasteiger partial charge in [0, 0.05) is 19.3 Å². The monoisotopic (exact) mass is 423 g/mol. The van der Waals surface area contributed by atoms with Crippen LogP contribution >= 0.6 is 12.8 Å². The zero-order chi connectivity index (χ0) is 21.6. The number of nitrogens with zero attached hydrogens (tertiary/aromatic N) is 3. The van der Waals surface area contributed by atoms with E-state index in [1.807, 2.05) is 18.2 Å². The van der Waals surface area contributed by atoms with Crippen LogP contribution in [0.1, 0.15) is 25.7 Å². The third-order valence-electron chi connectivity index (χ3n) is 4.38. The standard InChI is InChI=1S/C21H33N3O4S/c1-5-14-22(2)15-8-6-7-9-16-28-19-12-10-18(11-13-19)23(3)21(26)24(29)17-20(25)27-4/h5,10-13,29H,1,6-9,14-17H2,2-4H3. The summed E-state index contributed by atoms with van der Waals surface area (Å²) in [5.74, 6) is 0.229. The van der Waals surface area contributed by atoms with Crippen LogP contribution in [0.4, 0.5) is 10.5 Å². The number of hydrogen-bond donors (Lipinski definition) is 1.